The second kappa shape index (κ2) is 14.1. The molecule has 2 aromatic carbocycles. The highest BCUT2D eigenvalue weighted by Crippen LogP contribution is 2.55. The monoisotopic (exact) mass is 816 g/mol. The number of nitrogens with one attached hydrogen (secondary N) is 2. The van der Waals surface area contributed by atoms with E-state index in [4.69, 9.17) is 16.3 Å². The van der Waals surface area contributed by atoms with Gasteiger partial charge in [0.25, 0.3) is 17.7 Å². The van der Waals surface area contributed by atoms with Gasteiger partial charge in [0.1, 0.15) is 24.0 Å². The van der Waals surface area contributed by atoms with Crippen LogP contribution in [0.3, 0.4) is 0 Å². The van der Waals surface area contributed by atoms with Gasteiger partial charge in [-0.15, -0.1) is 10.2 Å². The molecule has 3 fully saturated rings. The zero-order valence-corrected chi connectivity index (χ0v) is 32.5. The number of carbonyl (C=O) groups is 5. The summed E-state index contributed by atoms with van der Waals surface area (Å²) in [5.74, 6) is -1.28. The number of rotatable bonds is 8. The average molecular weight is 818 g/mol. The number of piperidine rings is 1. The minimum atomic E-state index is -1.03. The number of benzene rings is 2. The van der Waals surface area contributed by atoms with Crippen LogP contribution in [0, 0.1) is 22.2 Å². The standard InChI is InChI=1S/C38H38BrClN8O6/c1-37(2)35(38(3,4)36(37)54-22-6-5-21(18-41)25(40)17-22)43-31(50)26-7-9-28(45-44-26)47-13-11-46(12-14-47)19-20-15-23-30(24(39)16-20)34(53)48(33(23)52)27-8-10-29(49)42-32(27)51/h5-7,9,15-17,27,35-36H,8,10-14,19H2,1-4H3,(H,43,50)(H,42,49,51). The van der Waals surface area contributed by atoms with Gasteiger partial charge in [-0.3, -0.25) is 39.1 Å². The maximum Gasteiger partial charge on any atom is 0.272 e. The van der Waals surface area contributed by atoms with Crippen LogP contribution in [-0.4, -0.2) is 93.9 Å². The SMILES string of the molecule is CC1(C)C(NC(=O)c2ccc(N3CCN(Cc4cc(Br)c5c(c4)C(=O)N(C4CCC(=O)NC4=O)C5=O)CC3)nn2)C(C)(C)C1Oc1ccc(C#N)c(Cl)c1. The Morgan fingerprint density at radius 3 is 2.37 bits per heavy atom. The number of hydrogen-bond acceptors (Lipinski definition) is 11. The lowest BCUT2D eigenvalue weighted by atomic mass is 9.49. The molecule has 3 aliphatic heterocycles. The summed E-state index contributed by atoms with van der Waals surface area (Å²) >= 11 is 9.69. The first-order valence-corrected chi connectivity index (χ1v) is 18.8. The van der Waals surface area contributed by atoms with Crippen LogP contribution < -0.4 is 20.3 Å². The quantitative estimate of drug-likeness (QED) is 0.313. The van der Waals surface area contributed by atoms with Crippen LogP contribution in [0.15, 0.2) is 46.9 Å². The van der Waals surface area contributed by atoms with Gasteiger partial charge in [-0.05, 0) is 64.3 Å². The van der Waals surface area contributed by atoms with E-state index in [2.05, 4.69) is 46.6 Å². The van der Waals surface area contributed by atoms with E-state index in [1.165, 1.54) is 0 Å². The maximum absolute atomic E-state index is 13.4. The Labute approximate surface area is 325 Å². The van der Waals surface area contributed by atoms with E-state index < -0.39 is 40.5 Å². The first-order valence-electron chi connectivity index (χ1n) is 17.6. The lowest BCUT2D eigenvalue weighted by molar-refractivity contribution is -0.164. The molecule has 3 aromatic rings. The van der Waals surface area contributed by atoms with E-state index >= 15 is 0 Å². The van der Waals surface area contributed by atoms with Crippen LogP contribution in [-0.2, 0) is 16.1 Å². The van der Waals surface area contributed by atoms with E-state index in [0.717, 1.165) is 10.5 Å². The van der Waals surface area contributed by atoms with Crippen molar-refractivity contribution < 1.29 is 28.7 Å². The van der Waals surface area contributed by atoms with Crippen molar-refractivity contribution in [2.24, 2.45) is 10.8 Å². The first kappa shape index (κ1) is 37.4. The van der Waals surface area contributed by atoms with E-state index in [1.54, 1.807) is 36.4 Å². The minimum absolute atomic E-state index is 0.0573. The molecular formula is C38H38BrClN8O6. The van der Waals surface area contributed by atoms with Crippen LogP contribution in [0.2, 0.25) is 5.02 Å². The summed E-state index contributed by atoms with van der Waals surface area (Å²) in [5, 5.41) is 23.5. The van der Waals surface area contributed by atoms with Gasteiger partial charge in [0.15, 0.2) is 11.5 Å². The number of nitriles is 1. The largest absolute Gasteiger partial charge is 0.489 e. The fourth-order valence-electron chi connectivity index (χ4n) is 8.50. The molecular weight excluding hydrogens is 780 g/mol. The number of amides is 5. The van der Waals surface area contributed by atoms with Crippen molar-refractivity contribution >= 4 is 62.9 Å². The van der Waals surface area contributed by atoms with E-state index in [1.807, 2.05) is 39.8 Å². The number of aromatic nitrogens is 2. The van der Waals surface area contributed by atoms with E-state index in [9.17, 15) is 29.2 Å². The third kappa shape index (κ3) is 6.60. The summed E-state index contributed by atoms with van der Waals surface area (Å²) in [7, 11) is 0. The van der Waals surface area contributed by atoms with Crippen molar-refractivity contribution in [1.82, 2.24) is 30.6 Å². The number of piperazine rings is 1. The summed E-state index contributed by atoms with van der Waals surface area (Å²) in [6.45, 7) is 11.4. The lowest BCUT2D eigenvalue weighted by Gasteiger charge is -2.63. The zero-order chi connectivity index (χ0) is 38.7. The minimum Gasteiger partial charge on any atom is -0.489 e. The van der Waals surface area contributed by atoms with Gasteiger partial charge in [-0.2, -0.15) is 5.26 Å². The Morgan fingerprint density at radius 1 is 1.02 bits per heavy atom. The number of halogens is 2. The van der Waals surface area contributed by atoms with Gasteiger partial charge in [-0.1, -0.05) is 39.3 Å². The lowest BCUT2D eigenvalue weighted by Crippen LogP contribution is -2.74. The van der Waals surface area contributed by atoms with Crippen LogP contribution in [0.1, 0.15) is 82.9 Å². The third-order valence-electron chi connectivity index (χ3n) is 11.0. The van der Waals surface area contributed by atoms with Crippen LogP contribution >= 0.6 is 27.5 Å². The predicted octanol–water partition coefficient (Wildman–Crippen LogP) is 4.10. The van der Waals surface area contributed by atoms with Gasteiger partial charge in [-0.25, -0.2) is 0 Å². The Hall–Kier alpha value is -4.91. The molecule has 0 spiro atoms. The van der Waals surface area contributed by atoms with Crippen molar-refractivity contribution in [2.75, 3.05) is 31.1 Å². The summed E-state index contributed by atoms with van der Waals surface area (Å²) in [4.78, 5) is 69.3. The summed E-state index contributed by atoms with van der Waals surface area (Å²) in [6, 6.07) is 12.8. The maximum atomic E-state index is 13.4. The Bertz CT molecular complexity index is 2110. The van der Waals surface area contributed by atoms with Gasteiger partial charge in [0.2, 0.25) is 11.8 Å². The predicted molar refractivity (Wildman–Crippen MR) is 200 cm³/mol. The zero-order valence-electron chi connectivity index (χ0n) is 30.1. The van der Waals surface area contributed by atoms with Gasteiger partial charge in [0, 0.05) is 66.6 Å². The number of ether oxygens (including phenoxy) is 1. The molecule has 5 amide bonds. The van der Waals surface area contributed by atoms with Crippen molar-refractivity contribution in [1.29, 1.82) is 5.26 Å². The van der Waals surface area contributed by atoms with Crippen molar-refractivity contribution in [2.45, 2.75) is 65.3 Å². The highest BCUT2D eigenvalue weighted by Gasteiger charge is 2.64. The molecule has 2 saturated heterocycles. The molecule has 1 aromatic heterocycles. The molecule has 0 radical (unpaired) electrons. The molecule has 4 aliphatic rings. The molecule has 4 heterocycles. The van der Waals surface area contributed by atoms with Crippen molar-refractivity contribution in [3.63, 3.8) is 0 Å². The summed E-state index contributed by atoms with van der Waals surface area (Å²) in [5.41, 5.74) is 1.02. The number of fused-ring (bicyclic) bond motifs is 1. The number of anilines is 1. The van der Waals surface area contributed by atoms with E-state index in [-0.39, 0.29) is 47.7 Å². The summed E-state index contributed by atoms with van der Waals surface area (Å²) < 4.78 is 6.81. The van der Waals surface area contributed by atoms with Crippen LogP contribution in [0.5, 0.6) is 5.75 Å². The van der Waals surface area contributed by atoms with Crippen LogP contribution in [0.25, 0.3) is 0 Å². The second-order valence-electron chi connectivity index (χ2n) is 15.3. The van der Waals surface area contributed by atoms with Gasteiger partial charge < -0.3 is 15.0 Å². The molecule has 0 bridgehead atoms. The number of nitrogens with zero attached hydrogens (tertiary/aromatic N) is 6. The Balaban J connectivity index is 0.933. The van der Waals surface area contributed by atoms with Gasteiger partial charge >= 0.3 is 0 Å². The van der Waals surface area contributed by atoms with Gasteiger partial charge in [0.05, 0.1) is 21.7 Å². The number of hydrogen-bond donors (Lipinski definition) is 2. The molecule has 54 heavy (non-hydrogen) atoms. The topological polar surface area (TPSA) is 178 Å². The number of carbonyl (C=O) groups excluding carboxylic acids is 5. The van der Waals surface area contributed by atoms with Crippen molar-refractivity contribution in [3.05, 3.63) is 79.9 Å². The Morgan fingerprint density at radius 2 is 1.74 bits per heavy atom. The Kier molecular flexibility index (Phi) is 9.74. The average Bonchev–Trinajstić information content (AvgIpc) is 3.38. The molecule has 16 heteroatoms. The van der Waals surface area contributed by atoms with Crippen LogP contribution in [0.4, 0.5) is 5.82 Å². The second-order valence-corrected chi connectivity index (χ2v) is 16.5. The fraction of sp³-hybridized carbons (Fsp3) is 0.421. The first-order chi connectivity index (χ1) is 25.6. The molecule has 14 nitrogen and oxygen atoms in total. The number of imide groups is 2. The molecule has 1 saturated carbocycles. The third-order valence-corrected chi connectivity index (χ3v) is 11.9. The highest BCUT2D eigenvalue weighted by molar-refractivity contribution is 9.10. The molecule has 2 N–H and O–H groups in total. The highest BCUT2D eigenvalue weighted by atomic mass is 79.9. The molecule has 7 rings (SSSR count). The van der Waals surface area contributed by atoms with E-state index in [0.29, 0.717) is 59.3 Å². The van der Waals surface area contributed by atoms with Crippen molar-refractivity contribution in [3.8, 4) is 11.8 Å². The fourth-order valence-corrected chi connectivity index (χ4v) is 9.39. The normalized spacial score (nSPS) is 23.3. The molecule has 280 valence electrons. The summed E-state index contributed by atoms with van der Waals surface area (Å²) in [6.07, 6.45) is -0.0856. The smallest absolute Gasteiger partial charge is 0.272 e. The molecule has 1 atom stereocenters. The molecule has 1 aliphatic carbocycles. The molecule has 1 unspecified atom stereocenters.